The van der Waals surface area contributed by atoms with Crippen LogP contribution in [0.5, 0.6) is 5.75 Å². The van der Waals surface area contributed by atoms with Gasteiger partial charge in [0, 0.05) is 19.1 Å². The standard InChI is InChI=1S/C18H28N2O2/c1-4-8-15-13-20(14-17(15)19(2)3)18(21)11-12-22-16-9-6-5-7-10-16/h5-7,9-10,15,17H,4,8,11-14H2,1-3H3/t15-,17-/m1/s1. The first-order chi connectivity index (χ1) is 10.6. The molecule has 22 heavy (non-hydrogen) atoms. The van der Waals surface area contributed by atoms with Crippen LogP contribution in [-0.4, -0.2) is 55.5 Å². The second-order valence-electron chi connectivity index (χ2n) is 6.29. The van der Waals surface area contributed by atoms with Crippen molar-refractivity contribution >= 4 is 5.91 Å². The molecule has 0 radical (unpaired) electrons. The summed E-state index contributed by atoms with van der Waals surface area (Å²) in [5.74, 6) is 1.63. The molecule has 1 fully saturated rings. The number of carbonyl (C=O) groups is 1. The van der Waals surface area contributed by atoms with Crippen LogP contribution in [0.15, 0.2) is 30.3 Å². The summed E-state index contributed by atoms with van der Waals surface area (Å²) in [6, 6.07) is 10.2. The Balaban J connectivity index is 1.80. The van der Waals surface area contributed by atoms with E-state index in [9.17, 15) is 4.79 Å². The highest BCUT2D eigenvalue weighted by Crippen LogP contribution is 2.25. The Morgan fingerprint density at radius 2 is 2.00 bits per heavy atom. The van der Waals surface area contributed by atoms with Crippen LogP contribution in [-0.2, 0) is 4.79 Å². The molecule has 1 aromatic rings. The number of likely N-dealkylation sites (tertiary alicyclic amines) is 1. The third-order valence-corrected chi connectivity index (χ3v) is 4.41. The Bertz CT molecular complexity index is 461. The fraction of sp³-hybridized carbons (Fsp3) is 0.611. The van der Waals surface area contributed by atoms with Gasteiger partial charge >= 0.3 is 0 Å². The van der Waals surface area contributed by atoms with E-state index in [0.717, 1.165) is 18.8 Å². The molecule has 0 aromatic heterocycles. The number of rotatable bonds is 7. The molecule has 1 aliphatic rings. The Morgan fingerprint density at radius 3 is 2.64 bits per heavy atom. The molecule has 2 atom stereocenters. The summed E-state index contributed by atoms with van der Waals surface area (Å²) < 4.78 is 5.63. The third-order valence-electron chi connectivity index (χ3n) is 4.41. The fourth-order valence-electron chi connectivity index (χ4n) is 3.23. The summed E-state index contributed by atoms with van der Waals surface area (Å²) in [6.07, 6.45) is 2.81. The topological polar surface area (TPSA) is 32.8 Å². The van der Waals surface area contributed by atoms with Crippen LogP contribution in [0, 0.1) is 5.92 Å². The van der Waals surface area contributed by atoms with Crippen molar-refractivity contribution in [3.05, 3.63) is 30.3 Å². The van der Waals surface area contributed by atoms with E-state index in [-0.39, 0.29) is 5.91 Å². The van der Waals surface area contributed by atoms with E-state index in [4.69, 9.17) is 4.74 Å². The molecule has 1 aliphatic heterocycles. The van der Waals surface area contributed by atoms with Gasteiger partial charge in [0.2, 0.25) is 5.91 Å². The lowest BCUT2D eigenvalue weighted by molar-refractivity contribution is -0.130. The lowest BCUT2D eigenvalue weighted by Crippen LogP contribution is -2.36. The zero-order chi connectivity index (χ0) is 15.9. The molecular weight excluding hydrogens is 276 g/mol. The monoisotopic (exact) mass is 304 g/mol. The molecule has 1 amide bonds. The second-order valence-corrected chi connectivity index (χ2v) is 6.29. The number of para-hydroxylation sites is 1. The number of nitrogens with zero attached hydrogens (tertiary/aromatic N) is 2. The largest absolute Gasteiger partial charge is 0.493 e. The van der Waals surface area contributed by atoms with Gasteiger partial charge in [-0.1, -0.05) is 31.5 Å². The summed E-state index contributed by atoms with van der Waals surface area (Å²) in [4.78, 5) is 16.7. The summed E-state index contributed by atoms with van der Waals surface area (Å²) in [7, 11) is 4.22. The van der Waals surface area contributed by atoms with Gasteiger partial charge in [-0.05, 0) is 38.6 Å². The van der Waals surface area contributed by atoms with Crippen LogP contribution < -0.4 is 4.74 Å². The number of likely N-dealkylation sites (N-methyl/N-ethyl adjacent to an activating group) is 1. The number of carbonyl (C=O) groups excluding carboxylic acids is 1. The van der Waals surface area contributed by atoms with Gasteiger partial charge in [0.15, 0.2) is 0 Å². The molecule has 4 heteroatoms. The van der Waals surface area contributed by atoms with Crippen molar-refractivity contribution in [2.24, 2.45) is 5.92 Å². The average Bonchev–Trinajstić information content (AvgIpc) is 2.93. The van der Waals surface area contributed by atoms with Crippen LogP contribution in [0.2, 0.25) is 0 Å². The Morgan fingerprint density at radius 1 is 1.27 bits per heavy atom. The summed E-state index contributed by atoms with van der Waals surface area (Å²) >= 11 is 0. The predicted octanol–water partition coefficient (Wildman–Crippen LogP) is 2.64. The lowest BCUT2D eigenvalue weighted by atomic mass is 9.98. The lowest BCUT2D eigenvalue weighted by Gasteiger charge is -2.24. The highest BCUT2D eigenvalue weighted by Gasteiger charge is 2.35. The molecule has 0 spiro atoms. The number of hydrogen-bond donors (Lipinski definition) is 0. The van der Waals surface area contributed by atoms with Crippen LogP contribution in [0.3, 0.4) is 0 Å². The van der Waals surface area contributed by atoms with Crippen LogP contribution >= 0.6 is 0 Å². The molecule has 1 saturated heterocycles. The quantitative estimate of drug-likeness (QED) is 0.776. The maximum atomic E-state index is 12.4. The number of hydrogen-bond acceptors (Lipinski definition) is 3. The first-order valence-corrected chi connectivity index (χ1v) is 8.24. The summed E-state index contributed by atoms with van der Waals surface area (Å²) in [5, 5.41) is 0. The number of benzene rings is 1. The second kappa shape index (κ2) is 8.18. The van der Waals surface area contributed by atoms with E-state index in [1.807, 2.05) is 35.2 Å². The number of amides is 1. The van der Waals surface area contributed by atoms with Crippen molar-refractivity contribution < 1.29 is 9.53 Å². The van der Waals surface area contributed by atoms with Gasteiger partial charge in [-0.15, -0.1) is 0 Å². The average molecular weight is 304 g/mol. The minimum Gasteiger partial charge on any atom is -0.493 e. The minimum atomic E-state index is 0.210. The van der Waals surface area contributed by atoms with Gasteiger partial charge in [0.05, 0.1) is 13.0 Å². The van der Waals surface area contributed by atoms with Gasteiger partial charge in [0.25, 0.3) is 0 Å². The van der Waals surface area contributed by atoms with E-state index in [0.29, 0.717) is 25.0 Å². The van der Waals surface area contributed by atoms with Crippen molar-refractivity contribution in [1.82, 2.24) is 9.80 Å². The van der Waals surface area contributed by atoms with E-state index in [2.05, 4.69) is 25.9 Å². The van der Waals surface area contributed by atoms with Gasteiger partial charge in [-0.3, -0.25) is 4.79 Å². The highest BCUT2D eigenvalue weighted by molar-refractivity contribution is 5.76. The molecule has 4 nitrogen and oxygen atoms in total. The van der Waals surface area contributed by atoms with Crippen molar-refractivity contribution in [1.29, 1.82) is 0 Å². The molecule has 0 unspecified atom stereocenters. The van der Waals surface area contributed by atoms with Crippen LogP contribution in [0.25, 0.3) is 0 Å². The van der Waals surface area contributed by atoms with Crippen molar-refractivity contribution in [3.63, 3.8) is 0 Å². The molecule has 0 N–H and O–H groups in total. The molecule has 0 bridgehead atoms. The fourth-order valence-corrected chi connectivity index (χ4v) is 3.23. The maximum Gasteiger partial charge on any atom is 0.226 e. The minimum absolute atomic E-state index is 0.210. The van der Waals surface area contributed by atoms with Crippen LogP contribution in [0.4, 0.5) is 0 Å². The molecule has 0 aliphatic carbocycles. The molecule has 0 saturated carbocycles. The van der Waals surface area contributed by atoms with Gasteiger partial charge in [-0.2, -0.15) is 0 Å². The van der Waals surface area contributed by atoms with E-state index in [1.165, 1.54) is 12.8 Å². The Hall–Kier alpha value is -1.55. The van der Waals surface area contributed by atoms with Crippen molar-refractivity contribution in [3.8, 4) is 5.75 Å². The SMILES string of the molecule is CCC[C@@H]1CN(C(=O)CCOc2ccccc2)C[C@H]1N(C)C. The Kier molecular flexibility index (Phi) is 6.25. The maximum absolute atomic E-state index is 12.4. The summed E-state index contributed by atoms with van der Waals surface area (Å²) in [6.45, 7) is 4.40. The molecular formula is C18H28N2O2. The first-order valence-electron chi connectivity index (χ1n) is 8.24. The zero-order valence-corrected chi connectivity index (χ0v) is 14.0. The van der Waals surface area contributed by atoms with Gasteiger partial charge in [-0.25, -0.2) is 0 Å². The smallest absolute Gasteiger partial charge is 0.226 e. The van der Waals surface area contributed by atoms with E-state index < -0.39 is 0 Å². The van der Waals surface area contributed by atoms with Gasteiger partial charge in [0.1, 0.15) is 5.75 Å². The summed E-state index contributed by atoms with van der Waals surface area (Å²) in [5.41, 5.74) is 0. The van der Waals surface area contributed by atoms with Gasteiger partial charge < -0.3 is 14.5 Å². The highest BCUT2D eigenvalue weighted by atomic mass is 16.5. The Labute approximate surface area is 134 Å². The number of ether oxygens (including phenoxy) is 1. The molecule has 122 valence electrons. The molecule has 1 heterocycles. The third kappa shape index (κ3) is 4.47. The van der Waals surface area contributed by atoms with E-state index >= 15 is 0 Å². The van der Waals surface area contributed by atoms with Crippen LogP contribution in [0.1, 0.15) is 26.2 Å². The predicted molar refractivity (Wildman–Crippen MR) is 89.0 cm³/mol. The zero-order valence-electron chi connectivity index (χ0n) is 14.0. The molecule has 1 aromatic carbocycles. The molecule has 2 rings (SSSR count). The van der Waals surface area contributed by atoms with E-state index in [1.54, 1.807) is 0 Å². The van der Waals surface area contributed by atoms with Crippen molar-refractivity contribution in [2.45, 2.75) is 32.2 Å². The first kappa shape index (κ1) is 16.8. The normalized spacial score (nSPS) is 21.4. The van der Waals surface area contributed by atoms with Crippen molar-refractivity contribution in [2.75, 3.05) is 33.8 Å².